The van der Waals surface area contributed by atoms with E-state index in [0.29, 0.717) is 34.3 Å². The van der Waals surface area contributed by atoms with Gasteiger partial charge in [-0.05, 0) is 36.1 Å². The lowest BCUT2D eigenvalue weighted by molar-refractivity contribution is -0.125. The molecular formula is C25H23ClN4O2S. The van der Waals surface area contributed by atoms with Crippen molar-refractivity contribution in [3.05, 3.63) is 80.9 Å². The lowest BCUT2D eigenvalue weighted by atomic mass is 9.97. The maximum Gasteiger partial charge on any atom is 0.270 e. The summed E-state index contributed by atoms with van der Waals surface area (Å²) in [7, 11) is 0. The molecule has 2 aromatic heterocycles. The fourth-order valence-electron chi connectivity index (χ4n) is 4.21. The summed E-state index contributed by atoms with van der Waals surface area (Å²) in [5.41, 5.74) is 3.56. The Hall–Kier alpha value is -3.16. The van der Waals surface area contributed by atoms with Gasteiger partial charge >= 0.3 is 0 Å². The summed E-state index contributed by atoms with van der Waals surface area (Å²) in [4.78, 5) is 35.4. The normalized spacial score (nSPS) is 16.2. The molecule has 3 heterocycles. The molecular weight excluding hydrogens is 456 g/mol. The Morgan fingerprint density at radius 3 is 2.76 bits per heavy atom. The average molecular weight is 479 g/mol. The largest absolute Gasteiger partial charge is 0.352 e. The van der Waals surface area contributed by atoms with Crippen molar-refractivity contribution in [3.63, 3.8) is 0 Å². The Bertz CT molecular complexity index is 1330. The van der Waals surface area contributed by atoms with Gasteiger partial charge in [-0.25, -0.2) is 4.98 Å². The van der Waals surface area contributed by atoms with E-state index in [-0.39, 0.29) is 17.4 Å². The SMILES string of the molecule is O=C(NCc1ccc(Cl)cc1)[C@H]1CCCN(c2nc3c(-c4ccccc4)csc3c(=O)[nH]2)C1. The molecule has 0 aliphatic carbocycles. The van der Waals surface area contributed by atoms with Crippen LogP contribution in [0.25, 0.3) is 21.3 Å². The van der Waals surface area contributed by atoms with Crippen molar-refractivity contribution in [1.29, 1.82) is 0 Å². The van der Waals surface area contributed by atoms with Crippen LogP contribution in [0.5, 0.6) is 0 Å². The number of aromatic nitrogens is 2. The van der Waals surface area contributed by atoms with Crippen LogP contribution in [0.3, 0.4) is 0 Å². The van der Waals surface area contributed by atoms with E-state index in [1.54, 1.807) is 0 Å². The van der Waals surface area contributed by atoms with Crippen molar-refractivity contribution < 1.29 is 4.79 Å². The van der Waals surface area contributed by atoms with E-state index in [0.717, 1.165) is 36.1 Å². The summed E-state index contributed by atoms with van der Waals surface area (Å²) in [6.45, 7) is 1.73. The van der Waals surface area contributed by atoms with Gasteiger partial charge in [0.25, 0.3) is 5.56 Å². The summed E-state index contributed by atoms with van der Waals surface area (Å²) in [5, 5.41) is 5.68. The Kier molecular flexibility index (Phi) is 6.15. The second-order valence-corrected chi connectivity index (χ2v) is 9.53. The molecule has 0 saturated carbocycles. The number of fused-ring (bicyclic) bond motifs is 1. The number of anilines is 1. The van der Waals surface area contributed by atoms with Crippen molar-refractivity contribution in [1.82, 2.24) is 15.3 Å². The number of H-pyrrole nitrogens is 1. The van der Waals surface area contributed by atoms with Crippen LogP contribution in [0.1, 0.15) is 18.4 Å². The zero-order chi connectivity index (χ0) is 22.8. The highest BCUT2D eigenvalue weighted by molar-refractivity contribution is 7.17. The Balaban J connectivity index is 1.34. The number of carbonyl (C=O) groups is 1. The smallest absolute Gasteiger partial charge is 0.270 e. The third kappa shape index (κ3) is 4.65. The van der Waals surface area contributed by atoms with Gasteiger partial charge in [-0.2, -0.15) is 0 Å². The van der Waals surface area contributed by atoms with E-state index in [1.807, 2.05) is 64.9 Å². The zero-order valence-electron chi connectivity index (χ0n) is 17.9. The van der Waals surface area contributed by atoms with Gasteiger partial charge in [0, 0.05) is 35.6 Å². The first kappa shape index (κ1) is 21.7. The second-order valence-electron chi connectivity index (χ2n) is 8.21. The molecule has 0 spiro atoms. The van der Waals surface area contributed by atoms with Gasteiger partial charge in [-0.3, -0.25) is 14.6 Å². The quantitative estimate of drug-likeness (QED) is 0.430. The molecule has 0 bridgehead atoms. The van der Waals surface area contributed by atoms with E-state index in [4.69, 9.17) is 16.6 Å². The molecule has 33 heavy (non-hydrogen) atoms. The molecule has 6 nitrogen and oxygen atoms in total. The van der Waals surface area contributed by atoms with E-state index >= 15 is 0 Å². The minimum absolute atomic E-state index is 0.0126. The first-order valence-electron chi connectivity index (χ1n) is 10.9. The number of nitrogens with one attached hydrogen (secondary N) is 2. The fraction of sp³-hybridized carbons (Fsp3) is 0.240. The minimum atomic E-state index is -0.164. The number of aromatic amines is 1. The average Bonchev–Trinajstić information content (AvgIpc) is 3.29. The highest BCUT2D eigenvalue weighted by Gasteiger charge is 2.27. The molecule has 1 saturated heterocycles. The standard InChI is InChI=1S/C25H23ClN4O2S/c26-19-10-8-16(9-11-19)13-27-23(31)18-7-4-12-30(14-18)25-28-21-20(17-5-2-1-3-6-17)15-33-22(21)24(32)29-25/h1-3,5-6,8-11,15,18H,4,7,12-14H2,(H,27,31)(H,28,29,32)/t18-/m0/s1. The lowest BCUT2D eigenvalue weighted by Gasteiger charge is -2.32. The highest BCUT2D eigenvalue weighted by Crippen LogP contribution is 2.32. The van der Waals surface area contributed by atoms with Crippen LogP contribution >= 0.6 is 22.9 Å². The molecule has 0 radical (unpaired) electrons. The van der Waals surface area contributed by atoms with Crippen molar-refractivity contribution >= 4 is 45.0 Å². The highest BCUT2D eigenvalue weighted by atomic mass is 35.5. The summed E-state index contributed by atoms with van der Waals surface area (Å²) in [5.74, 6) is 0.375. The van der Waals surface area contributed by atoms with Crippen LogP contribution in [-0.2, 0) is 11.3 Å². The third-order valence-electron chi connectivity index (χ3n) is 5.97. The number of nitrogens with zero attached hydrogens (tertiary/aromatic N) is 2. The lowest BCUT2D eigenvalue weighted by Crippen LogP contribution is -2.44. The number of piperidine rings is 1. The molecule has 2 aromatic carbocycles. The van der Waals surface area contributed by atoms with Gasteiger partial charge in [0.1, 0.15) is 4.70 Å². The van der Waals surface area contributed by atoms with E-state index < -0.39 is 0 Å². The Labute approximate surface area is 200 Å². The van der Waals surface area contributed by atoms with Crippen LogP contribution in [0, 0.1) is 5.92 Å². The van der Waals surface area contributed by atoms with Gasteiger partial charge in [0.15, 0.2) is 0 Å². The molecule has 0 unspecified atom stereocenters. The molecule has 1 atom stereocenters. The van der Waals surface area contributed by atoms with E-state index in [2.05, 4.69) is 10.3 Å². The zero-order valence-corrected chi connectivity index (χ0v) is 19.5. The number of thiophene rings is 1. The molecule has 4 aromatic rings. The maximum atomic E-state index is 12.8. The van der Waals surface area contributed by atoms with Crippen LogP contribution < -0.4 is 15.8 Å². The van der Waals surface area contributed by atoms with Crippen LogP contribution in [-0.4, -0.2) is 29.0 Å². The van der Waals surface area contributed by atoms with E-state index in [9.17, 15) is 9.59 Å². The molecule has 168 valence electrons. The topological polar surface area (TPSA) is 78.1 Å². The van der Waals surface area contributed by atoms with Crippen LogP contribution in [0.15, 0.2) is 64.8 Å². The van der Waals surface area contributed by atoms with Gasteiger partial charge in [-0.1, -0.05) is 54.1 Å². The minimum Gasteiger partial charge on any atom is -0.352 e. The Morgan fingerprint density at radius 1 is 1.18 bits per heavy atom. The molecule has 1 aliphatic rings. The number of rotatable bonds is 5. The van der Waals surface area contributed by atoms with Gasteiger partial charge in [0.05, 0.1) is 11.4 Å². The summed E-state index contributed by atoms with van der Waals surface area (Å²) >= 11 is 7.34. The van der Waals surface area contributed by atoms with Crippen molar-refractivity contribution in [2.24, 2.45) is 5.92 Å². The molecule has 1 fully saturated rings. The maximum absolute atomic E-state index is 12.8. The van der Waals surface area contributed by atoms with Crippen molar-refractivity contribution in [2.75, 3.05) is 18.0 Å². The number of halogens is 1. The van der Waals surface area contributed by atoms with Crippen LogP contribution in [0.4, 0.5) is 5.95 Å². The number of hydrogen-bond donors (Lipinski definition) is 2. The van der Waals surface area contributed by atoms with E-state index in [1.165, 1.54) is 11.3 Å². The molecule has 1 aliphatic heterocycles. The van der Waals surface area contributed by atoms with Crippen LogP contribution in [0.2, 0.25) is 5.02 Å². The summed E-state index contributed by atoms with van der Waals surface area (Å²) < 4.78 is 0.617. The molecule has 2 N–H and O–H groups in total. The Morgan fingerprint density at radius 2 is 1.97 bits per heavy atom. The molecule has 5 rings (SSSR count). The predicted octanol–water partition coefficient (Wildman–Crippen LogP) is 4.84. The van der Waals surface area contributed by atoms with Gasteiger partial charge < -0.3 is 10.2 Å². The first-order chi connectivity index (χ1) is 16.1. The number of benzene rings is 2. The summed E-state index contributed by atoms with van der Waals surface area (Å²) in [6.07, 6.45) is 1.67. The van der Waals surface area contributed by atoms with Crippen molar-refractivity contribution in [2.45, 2.75) is 19.4 Å². The monoisotopic (exact) mass is 478 g/mol. The second kappa shape index (κ2) is 9.37. The van der Waals surface area contributed by atoms with Crippen molar-refractivity contribution in [3.8, 4) is 11.1 Å². The van der Waals surface area contributed by atoms with Gasteiger partial charge in [0.2, 0.25) is 11.9 Å². The number of amides is 1. The predicted molar refractivity (Wildman–Crippen MR) is 134 cm³/mol. The molecule has 1 amide bonds. The molecule has 8 heteroatoms. The van der Waals surface area contributed by atoms with Gasteiger partial charge in [-0.15, -0.1) is 11.3 Å². The number of carbonyl (C=O) groups excluding carboxylic acids is 1. The summed E-state index contributed by atoms with van der Waals surface area (Å²) in [6, 6.07) is 17.4. The number of hydrogen-bond acceptors (Lipinski definition) is 5. The fourth-order valence-corrected chi connectivity index (χ4v) is 5.24. The first-order valence-corrected chi connectivity index (χ1v) is 12.2. The third-order valence-corrected chi connectivity index (χ3v) is 7.19.